The molecule has 0 atom stereocenters. The van der Waals surface area contributed by atoms with E-state index >= 15 is 0 Å². The van der Waals surface area contributed by atoms with Crippen LogP contribution in [0.1, 0.15) is 31.8 Å². The van der Waals surface area contributed by atoms with Gasteiger partial charge in [0.1, 0.15) is 0 Å². The zero-order valence-corrected chi connectivity index (χ0v) is 14.8. The van der Waals surface area contributed by atoms with Gasteiger partial charge in [-0.05, 0) is 6.07 Å². The van der Waals surface area contributed by atoms with Crippen molar-refractivity contribution >= 4 is 28.6 Å². The van der Waals surface area contributed by atoms with Gasteiger partial charge in [-0.15, -0.1) is 0 Å². The fourth-order valence-electron chi connectivity index (χ4n) is 3.70. The van der Waals surface area contributed by atoms with Crippen LogP contribution in [0.25, 0.3) is 0 Å². The Morgan fingerprint density at radius 2 is 1.70 bits per heavy atom. The first kappa shape index (κ1) is 17.5. The number of fused-ring (bicyclic) bond motifs is 2. The second-order valence-electron chi connectivity index (χ2n) is 6.56. The summed E-state index contributed by atoms with van der Waals surface area (Å²) >= 11 is 0. The van der Waals surface area contributed by atoms with E-state index in [4.69, 9.17) is 10.5 Å². The molecule has 4 N–H and O–H groups in total. The summed E-state index contributed by atoms with van der Waals surface area (Å²) in [7, 11) is 0. The number of anilines is 3. The molecule has 1 saturated heterocycles. The zero-order valence-electron chi connectivity index (χ0n) is 14.8. The van der Waals surface area contributed by atoms with Crippen molar-refractivity contribution < 1.29 is 19.4 Å². The Bertz CT molecular complexity index is 920. The molecule has 1 fully saturated rings. The maximum atomic E-state index is 13.2. The molecule has 4 rings (SSSR count). The molecule has 27 heavy (non-hydrogen) atoms. The summed E-state index contributed by atoms with van der Waals surface area (Å²) in [6.45, 7) is 2.63. The van der Waals surface area contributed by atoms with Crippen LogP contribution in [0.5, 0.6) is 0 Å². The Hall–Kier alpha value is -2.90. The molecule has 1 aliphatic heterocycles. The fraction of sp³-hybridized carbons (Fsp3) is 0.300. The minimum atomic E-state index is -0.250. The van der Waals surface area contributed by atoms with Gasteiger partial charge in [0.2, 0.25) is 0 Å². The highest BCUT2D eigenvalue weighted by Gasteiger charge is 2.35. The molecular weight excluding hydrogens is 346 g/mol. The van der Waals surface area contributed by atoms with Crippen molar-refractivity contribution in [3.05, 3.63) is 52.6 Å². The third-order valence-corrected chi connectivity index (χ3v) is 5.00. The minimum Gasteiger partial charge on any atom is -0.396 e. The Morgan fingerprint density at radius 3 is 2.33 bits per heavy atom. The lowest BCUT2D eigenvalue weighted by Crippen LogP contribution is -2.37. The average molecular weight is 367 g/mol. The highest BCUT2D eigenvalue weighted by Crippen LogP contribution is 2.41. The molecule has 0 radical (unpaired) electrons. The molecule has 7 nitrogen and oxygen atoms in total. The van der Waals surface area contributed by atoms with Crippen LogP contribution in [0.15, 0.2) is 30.3 Å². The van der Waals surface area contributed by atoms with Gasteiger partial charge in [-0.3, -0.25) is 9.59 Å². The number of carbonyl (C=O) groups is 2. The molecule has 1 heterocycles. The normalized spacial score (nSPS) is 16.1. The van der Waals surface area contributed by atoms with Gasteiger partial charge in [0.25, 0.3) is 0 Å². The molecule has 140 valence electrons. The number of ether oxygens (including phenoxy) is 1. The first-order valence-electron chi connectivity index (χ1n) is 8.95. The van der Waals surface area contributed by atoms with Crippen LogP contribution in [0.3, 0.4) is 0 Å². The van der Waals surface area contributed by atoms with Crippen LogP contribution in [-0.2, 0) is 4.74 Å². The number of hydrogen-bond acceptors (Lipinski definition) is 7. The minimum absolute atomic E-state index is 0.0925. The lowest BCUT2D eigenvalue weighted by molar-refractivity contribution is 0.0980. The Labute approximate surface area is 156 Å². The summed E-state index contributed by atoms with van der Waals surface area (Å²) in [5.41, 5.74) is 9.21. The zero-order chi connectivity index (χ0) is 19.0. The maximum absolute atomic E-state index is 13.2. The largest absolute Gasteiger partial charge is 0.396 e. The van der Waals surface area contributed by atoms with Crippen LogP contribution in [-0.4, -0.2) is 56.1 Å². The van der Waals surface area contributed by atoms with E-state index in [9.17, 15) is 14.7 Å². The lowest BCUT2D eigenvalue weighted by Gasteiger charge is -2.32. The van der Waals surface area contributed by atoms with Gasteiger partial charge in [-0.25, -0.2) is 0 Å². The van der Waals surface area contributed by atoms with E-state index in [1.165, 1.54) is 0 Å². The number of rotatable bonds is 4. The molecule has 0 amide bonds. The van der Waals surface area contributed by atoms with Crippen molar-refractivity contribution in [3.63, 3.8) is 0 Å². The lowest BCUT2D eigenvalue weighted by atomic mass is 9.81. The van der Waals surface area contributed by atoms with E-state index in [2.05, 4.69) is 10.2 Å². The quantitative estimate of drug-likeness (QED) is 0.597. The van der Waals surface area contributed by atoms with E-state index < -0.39 is 0 Å². The first-order chi connectivity index (χ1) is 13.1. The third-order valence-electron chi connectivity index (χ3n) is 5.00. The van der Waals surface area contributed by atoms with Gasteiger partial charge < -0.3 is 25.8 Å². The van der Waals surface area contributed by atoms with Crippen molar-refractivity contribution in [2.24, 2.45) is 0 Å². The predicted octanol–water partition coefficient (Wildman–Crippen LogP) is 1.28. The summed E-state index contributed by atoms with van der Waals surface area (Å²) in [6, 6.07) is 8.58. The standard InChI is InChI=1S/C20H21N3O4/c21-18-15(23-6-9-27-10-7-23)11-14(22-5-8-24)16-17(18)20(26)13-4-2-1-3-12(13)19(16)25/h1-4,11,22,24H,5-10,21H2. The molecule has 2 aromatic rings. The molecule has 0 spiro atoms. The Balaban J connectivity index is 1.92. The number of nitrogens with one attached hydrogen (secondary N) is 1. The van der Waals surface area contributed by atoms with Crippen molar-refractivity contribution in [1.29, 1.82) is 0 Å². The number of nitrogens with two attached hydrogens (primary N) is 1. The first-order valence-corrected chi connectivity index (χ1v) is 8.95. The van der Waals surface area contributed by atoms with Crippen molar-refractivity contribution in [3.8, 4) is 0 Å². The van der Waals surface area contributed by atoms with Gasteiger partial charge in [-0.1, -0.05) is 24.3 Å². The second kappa shape index (κ2) is 7.02. The van der Waals surface area contributed by atoms with E-state index in [0.717, 1.165) is 0 Å². The molecule has 0 bridgehead atoms. The van der Waals surface area contributed by atoms with Crippen LogP contribution in [0.4, 0.5) is 17.1 Å². The van der Waals surface area contributed by atoms with E-state index in [1.54, 1.807) is 30.3 Å². The summed E-state index contributed by atoms with van der Waals surface area (Å²) in [6.07, 6.45) is 0. The molecular formula is C20H21N3O4. The molecule has 0 saturated carbocycles. The molecule has 0 unspecified atom stereocenters. The SMILES string of the molecule is Nc1c(N2CCOCC2)cc(NCCO)c2c1C(=O)c1ccccc1C2=O. The van der Waals surface area contributed by atoms with Crippen molar-refractivity contribution in [2.75, 3.05) is 55.4 Å². The smallest absolute Gasteiger partial charge is 0.196 e. The van der Waals surface area contributed by atoms with Gasteiger partial charge in [0.15, 0.2) is 11.6 Å². The summed E-state index contributed by atoms with van der Waals surface area (Å²) in [4.78, 5) is 28.4. The summed E-state index contributed by atoms with van der Waals surface area (Å²) in [5, 5.41) is 12.3. The van der Waals surface area contributed by atoms with Gasteiger partial charge >= 0.3 is 0 Å². The number of carbonyl (C=O) groups excluding carboxylic acids is 2. The maximum Gasteiger partial charge on any atom is 0.196 e. The van der Waals surface area contributed by atoms with Gasteiger partial charge in [-0.2, -0.15) is 0 Å². The van der Waals surface area contributed by atoms with Crippen molar-refractivity contribution in [2.45, 2.75) is 0 Å². The fourth-order valence-corrected chi connectivity index (χ4v) is 3.70. The number of hydrogen-bond donors (Lipinski definition) is 3. The third kappa shape index (κ3) is 2.85. The number of aliphatic hydroxyl groups excluding tert-OH is 1. The summed E-state index contributed by atoms with van der Waals surface area (Å²) in [5.74, 6) is -0.485. The van der Waals surface area contributed by atoms with Crippen LogP contribution in [0.2, 0.25) is 0 Å². The second-order valence-corrected chi connectivity index (χ2v) is 6.56. The van der Waals surface area contributed by atoms with Crippen LogP contribution < -0.4 is 16.0 Å². The van der Waals surface area contributed by atoms with Gasteiger partial charge in [0, 0.05) is 36.4 Å². The molecule has 2 aromatic carbocycles. The number of nitrogens with zero attached hydrogens (tertiary/aromatic N) is 1. The summed E-state index contributed by atoms with van der Waals surface area (Å²) < 4.78 is 5.40. The molecule has 2 aliphatic rings. The number of ketones is 2. The molecule has 7 heteroatoms. The average Bonchev–Trinajstić information content (AvgIpc) is 2.71. The number of aliphatic hydroxyl groups is 1. The topological polar surface area (TPSA) is 105 Å². The van der Waals surface area contributed by atoms with E-state index in [0.29, 0.717) is 54.5 Å². The highest BCUT2D eigenvalue weighted by atomic mass is 16.5. The predicted molar refractivity (Wildman–Crippen MR) is 103 cm³/mol. The molecule has 0 aromatic heterocycles. The van der Waals surface area contributed by atoms with Crippen LogP contribution in [0, 0.1) is 0 Å². The number of morpholine rings is 1. The number of nitrogen functional groups attached to an aromatic ring is 1. The van der Waals surface area contributed by atoms with Crippen molar-refractivity contribution in [1.82, 2.24) is 0 Å². The van der Waals surface area contributed by atoms with Crippen LogP contribution >= 0.6 is 0 Å². The monoisotopic (exact) mass is 367 g/mol. The Morgan fingerprint density at radius 1 is 1.07 bits per heavy atom. The van der Waals surface area contributed by atoms with Gasteiger partial charge in [0.05, 0.1) is 42.3 Å². The van der Waals surface area contributed by atoms with E-state index in [-0.39, 0.29) is 35.8 Å². The van der Waals surface area contributed by atoms with E-state index in [1.807, 2.05) is 0 Å². The Kier molecular flexibility index (Phi) is 4.55. The molecule has 1 aliphatic carbocycles. The highest BCUT2D eigenvalue weighted by molar-refractivity contribution is 6.32. The number of benzene rings is 2.